The Labute approximate surface area is 107 Å². The SMILES string of the molecule is CCCCN(CCCCO)CCCCCCO. The summed E-state index contributed by atoms with van der Waals surface area (Å²) in [5.74, 6) is 0. The van der Waals surface area contributed by atoms with Crippen molar-refractivity contribution in [2.45, 2.75) is 58.3 Å². The van der Waals surface area contributed by atoms with E-state index in [0.717, 1.165) is 32.2 Å². The molecule has 0 aromatic carbocycles. The lowest BCUT2D eigenvalue weighted by atomic mass is 10.2. The predicted octanol–water partition coefficient (Wildman–Crippen LogP) is 2.41. The molecule has 0 saturated heterocycles. The zero-order valence-corrected chi connectivity index (χ0v) is 11.5. The molecular weight excluding hydrogens is 214 g/mol. The summed E-state index contributed by atoms with van der Waals surface area (Å²) in [5, 5.41) is 17.5. The van der Waals surface area contributed by atoms with Crippen molar-refractivity contribution in [2.75, 3.05) is 32.8 Å². The summed E-state index contributed by atoms with van der Waals surface area (Å²) in [6, 6.07) is 0. The molecule has 0 spiro atoms. The Morgan fingerprint density at radius 2 is 1.12 bits per heavy atom. The van der Waals surface area contributed by atoms with Crippen molar-refractivity contribution in [3.05, 3.63) is 0 Å². The Balaban J connectivity index is 3.53. The second kappa shape index (κ2) is 13.9. The first kappa shape index (κ1) is 16.9. The molecular formula is C14H31NO2. The van der Waals surface area contributed by atoms with Gasteiger partial charge in [0.1, 0.15) is 0 Å². The topological polar surface area (TPSA) is 43.7 Å². The highest BCUT2D eigenvalue weighted by Crippen LogP contribution is 2.04. The van der Waals surface area contributed by atoms with Gasteiger partial charge < -0.3 is 15.1 Å². The second-order valence-electron chi connectivity index (χ2n) is 4.76. The number of hydrogen-bond acceptors (Lipinski definition) is 3. The first-order valence-corrected chi connectivity index (χ1v) is 7.29. The van der Waals surface area contributed by atoms with Crippen LogP contribution in [0.2, 0.25) is 0 Å². The van der Waals surface area contributed by atoms with Crippen LogP contribution in [0.4, 0.5) is 0 Å². The maximum Gasteiger partial charge on any atom is 0.0431 e. The van der Waals surface area contributed by atoms with Gasteiger partial charge in [-0.1, -0.05) is 26.2 Å². The van der Waals surface area contributed by atoms with Crippen LogP contribution < -0.4 is 0 Å². The molecule has 3 nitrogen and oxygen atoms in total. The lowest BCUT2D eigenvalue weighted by molar-refractivity contribution is 0.233. The summed E-state index contributed by atoms with van der Waals surface area (Å²) in [5.41, 5.74) is 0. The highest BCUT2D eigenvalue weighted by molar-refractivity contribution is 4.58. The molecule has 3 heteroatoms. The summed E-state index contributed by atoms with van der Waals surface area (Å²) in [7, 11) is 0. The molecule has 0 aromatic heterocycles. The van der Waals surface area contributed by atoms with Gasteiger partial charge in [-0.05, 0) is 51.7 Å². The molecule has 0 amide bonds. The van der Waals surface area contributed by atoms with E-state index in [0.29, 0.717) is 13.2 Å². The highest BCUT2D eigenvalue weighted by Gasteiger charge is 2.03. The van der Waals surface area contributed by atoms with Gasteiger partial charge in [0, 0.05) is 13.2 Å². The van der Waals surface area contributed by atoms with Crippen LogP contribution in [-0.4, -0.2) is 48.0 Å². The van der Waals surface area contributed by atoms with E-state index in [1.807, 2.05) is 0 Å². The first-order valence-electron chi connectivity index (χ1n) is 7.29. The molecule has 0 fully saturated rings. The average Bonchev–Trinajstić information content (AvgIpc) is 2.35. The van der Waals surface area contributed by atoms with Crippen LogP contribution in [0, 0.1) is 0 Å². The largest absolute Gasteiger partial charge is 0.396 e. The second-order valence-corrected chi connectivity index (χ2v) is 4.76. The zero-order chi connectivity index (χ0) is 12.8. The van der Waals surface area contributed by atoms with Gasteiger partial charge in [0.25, 0.3) is 0 Å². The van der Waals surface area contributed by atoms with Gasteiger partial charge in [-0.25, -0.2) is 0 Å². The van der Waals surface area contributed by atoms with Crippen LogP contribution in [0.15, 0.2) is 0 Å². The van der Waals surface area contributed by atoms with Crippen LogP contribution in [0.1, 0.15) is 58.3 Å². The normalized spacial score (nSPS) is 11.3. The van der Waals surface area contributed by atoms with Crippen LogP contribution in [0.3, 0.4) is 0 Å². The molecule has 0 aliphatic carbocycles. The van der Waals surface area contributed by atoms with Gasteiger partial charge >= 0.3 is 0 Å². The number of unbranched alkanes of at least 4 members (excludes halogenated alkanes) is 5. The lowest BCUT2D eigenvalue weighted by Gasteiger charge is -2.21. The molecule has 0 radical (unpaired) electrons. The fraction of sp³-hybridized carbons (Fsp3) is 1.00. The predicted molar refractivity (Wildman–Crippen MR) is 73.2 cm³/mol. The van der Waals surface area contributed by atoms with Crippen molar-refractivity contribution in [2.24, 2.45) is 0 Å². The minimum absolute atomic E-state index is 0.318. The van der Waals surface area contributed by atoms with Crippen molar-refractivity contribution in [3.8, 4) is 0 Å². The summed E-state index contributed by atoms with van der Waals surface area (Å²) < 4.78 is 0. The van der Waals surface area contributed by atoms with Crippen molar-refractivity contribution < 1.29 is 10.2 Å². The molecule has 0 rings (SSSR count). The van der Waals surface area contributed by atoms with E-state index in [9.17, 15) is 0 Å². The molecule has 0 aromatic rings. The zero-order valence-electron chi connectivity index (χ0n) is 11.5. The summed E-state index contributed by atoms with van der Waals surface area (Å²) >= 11 is 0. The van der Waals surface area contributed by atoms with Crippen LogP contribution >= 0.6 is 0 Å². The lowest BCUT2D eigenvalue weighted by Crippen LogP contribution is -2.27. The smallest absolute Gasteiger partial charge is 0.0431 e. The Morgan fingerprint density at radius 3 is 1.71 bits per heavy atom. The van der Waals surface area contributed by atoms with E-state index < -0.39 is 0 Å². The van der Waals surface area contributed by atoms with E-state index in [1.54, 1.807) is 0 Å². The van der Waals surface area contributed by atoms with Crippen LogP contribution in [-0.2, 0) is 0 Å². The van der Waals surface area contributed by atoms with Gasteiger partial charge in [-0.2, -0.15) is 0 Å². The molecule has 0 bridgehead atoms. The van der Waals surface area contributed by atoms with Gasteiger partial charge in [0.15, 0.2) is 0 Å². The molecule has 104 valence electrons. The summed E-state index contributed by atoms with van der Waals surface area (Å²) in [6.07, 6.45) is 9.11. The van der Waals surface area contributed by atoms with Crippen molar-refractivity contribution in [3.63, 3.8) is 0 Å². The quantitative estimate of drug-likeness (QED) is 0.490. The molecule has 0 unspecified atom stereocenters. The third-order valence-corrected chi connectivity index (χ3v) is 3.09. The summed E-state index contributed by atoms with van der Waals surface area (Å²) in [6.45, 7) is 6.38. The van der Waals surface area contributed by atoms with Gasteiger partial charge in [0.2, 0.25) is 0 Å². The number of rotatable bonds is 13. The van der Waals surface area contributed by atoms with Crippen molar-refractivity contribution in [1.29, 1.82) is 0 Å². The minimum Gasteiger partial charge on any atom is -0.396 e. The monoisotopic (exact) mass is 245 g/mol. The molecule has 0 aliphatic rings. The van der Waals surface area contributed by atoms with Crippen molar-refractivity contribution >= 4 is 0 Å². The van der Waals surface area contributed by atoms with Crippen molar-refractivity contribution in [1.82, 2.24) is 4.90 Å². The molecule has 0 atom stereocenters. The maximum absolute atomic E-state index is 8.79. The van der Waals surface area contributed by atoms with Crippen LogP contribution in [0.5, 0.6) is 0 Å². The van der Waals surface area contributed by atoms with E-state index in [2.05, 4.69) is 11.8 Å². The maximum atomic E-state index is 8.79. The number of nitrogens with zero attached hydrogens (tertiary/aromatic N) is 1. The first-order chi connectivity index (χ1) is 8.35. The Hall–Kier alpha value is -0.120. The molecule has 17 heavy (non-hydrogen) atoms. The van der Waals surface area contributed by atoms with E-state index in [4.69, 9.17) is 10.2 Å². The summed E-state index contributed by atoms with van der Waals surface area (Å²) in [4.78, 5) is 2.53. The number of aliphatic hydroxyl groups excluding tert-OH is 2. The molecule has 2 N–H and O–H groups in total. The van der Waals surface area contributed by atoms with E-state index in [1.165, 1.54) is 38.8 Å². The molecule has 0 saturated carbocycles. The molecule has 0 aliphatic heterocycles. The average molecular weight is 245 g/mol. The van der Waals surface area contributed by atoms with E-state index in [-0.39, 0.29) is 0 Å². The Morgan fingerprint density at radius 1 is 0.647 bits per heavy atom. The fourth-order valence-corrected chi connectivity index (χ4v) is 1.97. The van der Waals surface area contributed by atoms with Gasteiger partial charge in [-0.3, -0.25) is 0 Å². The number of aliphatic hydroxyl groups is 2. The van der Waals surface area contributed by atoms with Gasteiger partial charge in [0.05, 0.1) is 0 Å². The Kier molecular flexibility index (Phi) is 13.8. The Bertz CT molecular complexity index is 142. The van der Waals surface area contributed by atoms with E-state index >= 15 is 0 Å². The minimum atomic E-state index is 0.318. The third-order valence-electron chi connectivity index (χ3n) is 3.09. The third kappa shape index (κ3) is 12.1. The van der Waals surface area contributed by atoms with Gasteiger partial charge in [-0.15, -0.1) is 0 Å². The fourth-order valence-electron chi connectivity index (χ4n) is 1.97. The highest BCUT2D eigenvalue weighted by atomic mass is 16.3. The van der Waals surface area contributed by atoms with Crippen LogP contribution in [0.25, 0.3) is 0 Å². The number of hydrogen-bond donors (Lipinski definition) is 2. The molecule has 0 heterocycles. The standard InChI is InChI=1S/C14H31NO2/c1-2-3-10-15(12-7-9-14-17)11-6-4-5-8-13-16/h16-17H,2-14H2,1H3.